The van der Waals surface area contributed by atoms with Crippen LogP contribution in [0.1, 0.15) is 0 Å². The molecule has 5 nitrogen and oxygen atoms in total. The van der Waals surface area contributed by atoms with E-state index in [1.165, 1.54) is 21.9 Å². The van der Waals surface area contributed by atoms with Crippen LogP contribution in [0.25, 0.3) is 128 Å². The fraction of sp³-hybridized carbons (Fsp3) is 0. The number of para-hydroxylation sites is 1. The van der Waals surface area contributed by atoms with Crippen LogP contribution in [-0.2, 0) is 0 Å². The van der Waals surface area contributed by atoms with E-state index in [0.717, 1.165) is 88.7 Å². The summed E-state index contributed by atoms with van der Waals surface area (Å²) in [6.07, 6.45) is 0. The SMILES string of the molecule is c1ccc(-c2ccc(-c3cccc(-n4c5ccccc5c5ccc6oc7cc(-c8nc(-c9ccc(-c%10ccccc%10)cc9)nc(-c9cccc(-c%10ccccc%10)c9)n8)ccc7c6c54)c3)cc2)cc1. The van der Waals surface area contributed by atoms with Gasteiger partial charge in [-0.3, -0.25) is 0 Å². The average Bonchev–Trinajstić information content (AvgIpc) is 3.97. The smallest absolute Gasteiger partial charge is 0.164 e. The molecule has 0 bridgehead atoms. The van der Waals surface area contributed by atoms with Crippen molar-refractivity contribution in [2.24, 2.45) is 0 Å². The van der Waals surface area contributed by atoms with Gasteiger partial charge in [-0.1, -0.05) is 194 Å². The van der Waals surface area contributed by atoms with Crippen molar-refractivity contribution in [1.82, 2.24) is 19.5 Å². The van der Waals surface area contributed by atoms with Gasteiger partial charge in [-0.15, -0.1) is 0 Å². The van der Waals surface area contributed by atoms with Crippen molar-refractivity contribution in [3.63, 3.8) is 0 Å². The third kappa shape index (κ3) is 6.93. The predicted molar refractivity (Wildman–Crippen MR) is 279 cm³/mol. The Morgan fingerprint density at radius 3 is 1.37 bits per heavy atom. The van der Waals surface area contributed by atoms with E-state index in [1.807, 2.05) is 12.1 Å². The minimum absolute atomic E-state index is 0.567. The predicted octanol–water partition coefficient (Wildman–Crippen LogP) is 16.5. The molecule has 0 saturated heterocycles. The van der Waals surface area contributed by atoms with E-state index in [4.69, 9.17) is 19.4 Å². The first-order valence-corrected chi connectivity index (χ1v) is 22.9. The summed E-state index contributed by atoms with van der Waals surface area (Å²) in [6, 6.07) is 85.2. The molecule has 13 rings (SSSR count). The number of aromatic nitrogens is 4. The van der Waals surface area contributed by atoms with E-state index in [0.29, 0.717) is 17.5 Å². The van der Waals surface area contributed by atoms with Crippen molar-refractivity contribution in [1.29, 1.82) is 0 Å². The molecule has 3 aromatic heterocycles. The van der Waals surface area contributed by atoms with Crippen LogP contribution in [0.2, 0.25) is 0 Å². The van der Waals surface area contributed by atoms with Crippen molar-refractivity contribution in [2.45, 2.75) is 0 Å². The summed E-state index contributed by atoms with van der Waals surface area (Å²) in [7, 11) is 0. The number of benzene rings is 10. The highest BCUT2D eigenvalue weighted by Crippen LogP contribution is 2.42. The van der Waals surface area contributed by atoms with Crippen LogP contribution in [0, 0.1) is 0 Å². The number of rotatable bonds is 8. The first-order valence-electron chi connectivity index (χ1n) is 22.9. The third-order valence-electron chi connectivity index (χ3n) is 13.1. The molecule has 13 aromatic rings. The summed E-state index contributed by atoms with van der Waals surface area (Å²) in [5.74, 6) is 1.76. The van der Waals surface area contributed by atoms with Gasteiger partial charge in [0.25, 0.3) is 0 Å². The molecule has 0 aliphatic carbocycles. The van der Waals surface area contributed by atoms with Crippen LogP contribution in [0.5, 0.6) is 0 Å². The number of nitrogens with zero attached hydrogens (tertiary/aromatic N) is 4. The van der Waals surface area contributed by atoms with Crippen molar-refractivity contribution >= 4 is 43.7 Å². The van der Waals surface area contributed by atoms with Gasteiger partial charge in [0, 0.05) is 38.5 Å². The molecule has 0 spiro atoms. The van der Waals surface area contributed by atoms with E-state index in [-0.39, 0.29) is 0 Å². The van der Waals surface area contributed by atoms with Crippen LogP contribution < -0.4 is 0 Å². The maximum atomic E-state index is 6.82. The molecule has 10 aromatic carbocycles. The first kappa shape index (κ1) is 39.2. The Balaban J connectivity index is 0.945. The molecule has 0 radical (unpaired) electrons. The molecular weight excluding hydrogens is 829 g/mol. The van der Waals surface area contributed by atoms with Gasteiger partial charge in [0.15, 0.2) is 17.5 Å². The molecule has 3 heterocycles. The molecule has 5 heteroatoms. The van der Waals surface area contributed by atoms with Crippen LogP contribution in [0.4, 0.5) is 0 Å². The molecular formula is C63H40N4O. The van der Waals surface area contributed by atoms with Crippen LogP contribution in [0.3, 0.4) is 0 Å². The summed E-state index contributed by atoms with van der Waals surface area (Å²) < 4.78 is 9.21. The monoisotopic (exact) mass is 868 g/mol. The molecule has 0 saturated carbocycles. The molecule has 0 aliphatic heterocycles. The highest BCUT2D eigenvalue weighted by atomic mass is 16.3. The van der Waals surface area contributed by atoms with E-state index in [1.54, 1.807) is 0 Å². The molecule has 0 atom stereocenters. The Kier molecular flexibility index (Phi) is 9.43. The molecule has 318 valence electrons. The minimum atomic E-state index is 0.567. The maximum absolute atomic E-state index is 6.82. The second-order valence-electron chi connectivity index (χ2n) is 17.2. The second kappa shape index (κ2) is 16.4. The van der Waals surface area contributed by atoms with E-state index < -0.39 is 0 Å². The lowest BCUT2D eigenvalue weighted by molar-refractivity contribution is 0.669. The summed E-state index contributed by atoms with van der Waals surface area (Å²) in [6.45, 7) is 0. The highest BCUT2D eigenvalue weighted by molar-refractivity contribution is 6.24. The van der Waals surface area contributed by atoms with Gasteiger partial charge in [0.2, 0.25) is 0 Å². The molecule has 0 fully saturated rings. The number of furan rings is 1. The zero-order chi connectivity index (χ0) is 45.0. The van der Waals surface area contributed by atoms with Crippen molar-refractivity contribution < 1.29 is 4.42 Å². The van der Waals surface area contributed by atoms with Gasteiger partial charge in [0.05, 0.1) is 16.4 Å². The zero-order valence-corrected chi connectivity index (χ0v) is 36.8. The lowest BCUT2D eigenvalue weighted by Crippen LogP contribution is -2.00. The lowest BCUT2D eigenvalue weighted by Gasteiger charge is -2.12. The van der Waals surface area contributed by atoms with Crippen molar-refractivity contribution in [3.8, 4) is 84.4 Å². The maximum Gasteiger partial charge on any atom is 0.164 e. The molecule has 68 heavy (non-hydrogen) atoms. The average molecular weight is 869 g/mol. The Hall–Kier alpha value is -9.19. The zero-order valence-electron chi connectivity index (χ0n) is 36.8. The molecule has 0 N–H and O–H groups in total. The Labute approximate surface area is 392 Å². The fourth-order valence-corrected chi connectivity index (χ4v) is 9.71. The van der Waals surface area contributed by atoms with E-state index in [9.17, 15) is 0 Å². The summed E-state index contributed by atoms with van der Waals surface area (Å²) in [4.78, 5) is 15.5. The number of fused-ring (bicyclic) bond motifs is 7. The van der Waals surface area contributed by atoms with E-state index in [2.05, 4.69) is 235 Å². The van der Waals surface area contributed by atoms with Gasteiger partial charge in [-0.25, -0.2) is 15.0 Å². The van der Waals surface area contributed by atoms with Crippen LogP contribution in [-0.4, -0.2) is 19.5 Å². The minimum Gasteiger partial charge on any atom is -0.456 e. The topological polar surface area (TPSA) is 56.7 Å². The van der Waals surface area contributed by atoms with Crippen LogP contribution >= 0.6 is 0 Å². The van der Waals surface area contributed by atoms with Gasteiger partial charge in [-0.2, -0.15) is 0 Å². The number of hydrogen-bond acceptors (Lipinski definition) is 4. The van der Waals surface area contributed by atoms with Gasteiger partial charge in [-0.05, 0) is 93.0 Å². The quantitative estimate of drug-likeness (QED) is 0.153. The van der Waals surface area contributed by atoms with Crippen LogP contribution in [0.15, 0.2) is 247 Å². The van der Waals surface area contributed by atoms with Gasteiger partial charge < -0.3 is 8.98 Å². The molecule has 0 aliphatic rings. The van der Waals surface area contributed by atoms with Crippen molar-refractivity contribution in [2.75, 3.05) is 0 Å². The summed E-state index contributed by atoms with van der Waals surface area (Å²) >= 11 is 0. The molecule has 0 amide bonds. The normalized spacial score (nSPS) is 11.5. The van der Waals surface area contributed by atoms with Gasteiger partial charge in [0.1, 0.15) is 11.2 Å². The lowest BCUT2D eigenvalue weighted by atomic mass is 10.00. The second-order valence-corrected chi connectivity index (χ2v) is 17.2. The Morgan fingerprint density at radius 1 is 0.279 bits per heavy atom. The highest BCUT2D eigenvalue weighted by Gasteiger charge is 2.21. The number of hydrogen-bond donors (Lipinski definition) is 0. The fourth-order valence-electron chi connectivity index (χ4n) is 9.71. The standard InChI is InChI=1S/C63H40N4O/c1-4-14-41(15-5-1)44-26-28-46(29-27-44)49-21-13-23-52(39-49)67-56-25-11-10-24-53(56)54-36-37-57-59(60(54)67)55-35-34-51(40-58(55)68-57)63-65-61(47-32-30-45(31-33-47)42-16-6-2-7-17-42)64-62(66-63)50-22-12-20-48(38-50)43-18-8-3-9-19-43/h1-40H. The van der Waals surface area contributed by atoms with E-state index >= 15 is 0 Å². The third-order valence-corrected chi connectivity index (χ3v) is 13.1. The Morgan fingerprint density at radius 2 is 0.721 bits per heavy atom. The summed E-state index contributed by atoms with van der Waals surface area (Å²) in [5, 5.41) is 4.44. The van der Waals surface area contributed by atoms with Crippen molar-refractivity contribution in [3.05, 3.63) is 243 Å². The first-order chi connectivity index (χ1) is 33.7. The summed E-state index contributed by atoms with van der Waals surface area (Å²) in [5.41, 5.74) is 16.8. The van der Waals surface area contributed by atoms with Gasteiger partial charge >= 0.3 is 0 Å². The molecule has 0 unspecified atom stereocenters. The largest absolute Gasteiger partial charge is 0.456 e. The Bertz CT molecular complexity index is 3990.